The average Bonchev–Trinajstić information content (AvgIpc) is 2.36. The van der Waals surface area contributed by atoms with Crippen molar-refractivity contribution in [1.29, 1.82) is 0 Å². The predicted octanol–water partition coefficient (Wildman–Crippen LogP) is 3.99. The van der Waals surface area contributed by atoms with Crippen molar-refractivity contribution in [2.45, 2.75) is 32.7 Å². The van der Waals surface area contributed by atoms with Gasteiger partial charge in [0.15, 0.2) is 0 Å². The molecule has 0 atom stereocenters. The summed E-state index contributed by atoms with van der Waals surface area (Å²) in [5, 5.41) is 4.54. The smallest absolute Gasteiger partial charge is 0.137 e. The van der Waals surface area contributed by atoms with Crippen molar-refractivity contribution < 1.29 is 0 Å². The molecule has 0 aliphatic rings. The maximum atomic E-state index is 4.34. The Morgan fingerprint density at radius 2 is 2.00 bits per heavy atom. The zero-order chi connectivity index (χ0) is 12.3. The molecular formula is C13H16BrN3. The van der Waals surface area contributed by atoms with Crippen LogP contribution in [0.15, 0.2) is 29.0 Å². The minimum atomic E-state index is 0.465. The summed E-state index contributed by atoms with van der Waals surface area (Å²) in [5.41, 5.74) is 0.969. The van der Waals surface area contributed by atoms with E-state index >= 15 is 0 Å². The lowest BCUT2D eigenvalue weighted by molar-refractivity contribution is 0.669. The molecule has 0 aliphatic carbocycles. The molecule has 0 amide bonds. The number of hydrogen-bond acceptors (Lipinski definition) is 3. The third-order valence-electron chi connectivity index (χ3n) is 2.92. The largest absolute Gasteiger partial charge is 0.367 e. The second-order valence-corrected chi connectivity index (χ2v) is 4.96. The lowest BCUT2D eigenvalue weighted by atomic mass is 10.1. The van der Waals surface area contributed by atoms with E-state index in [1.165, 1.54) is 0 Å². The number of nitrogens with zero attached hydrogens (tertiary/aromatic N) is 2. The minimum Gasteiger partial charge on any atom is -0.367 e. The highest BCUT2D eigenvalue weighted by molar-refractivity contribution is 9.10. The van der Waals surface area contributed by atoms with Crippen LogP contribution in [0.1, 0.15) is 26.7 Å². The third kappa shape index (κ3) is 2.75. The van der Waals surface area contributed by atoms with Crippen LogP contribution in [-0.2, 0) is 0 Å². The van der Waals surface area contributed by atoms with Gasteiger partial charge in [0.25, 0.3) is 0 Å². The van der Waals surface area contributed by atoms with E-state index in [4.69, 9.17) is 0 Å². The molecule has 0 saturated carbocycles. The molecule has 3 nitrogen and oxygen atoms in total. The Labute approximate surface area is 110 Å². The summed E-state index contributed by atoms with van der Waals surface area (Å²) in [7, 11) is 0. The Morgan fingerprint density at radius 3 is 2.71 bits per heavy atom. The molecule has 0 spiro atoms. The Bertz CT molecular complexity index is 509. The molecule has 1 N–H and O–H groups in total. The van der Waals surface area contributed by atoms with Crippen LogP contribution in [0.2, 0.25) is 0 Å². The molecule has 2 aromatic rings. The number of halogens is 1. The molecule has 2 rings (SSSR count). The molecule has 1 aromatic heterocycles. The van der Waals surface area contributed by atoms with Crippen LogP contribution in [0, 0.1) is 0 Å². The number of hydrogen-bond donors (Lipinski definition) is 1. The Morgan fingerprint density at radius 1 is 1.24 bits per heavy atom. The fourth-order valence-electron chi connectivity index (χ4n) is 1.83. The molecule has 0 fully saturated rings. The molecule has 17 heavy (non-hydrogen) atoms. The van der Waals surface area contributed by atoms with Gasteiger partial charge >= 0.3 is 0 Å². The van der Waals surface area contributed by atoms with E-state index in [9.17, 15) is 0 Å². The highest BCUT2D eigenvalue weighted by Gasteiger charge is 2.08. The Balaban J connectivity index is 2.42. The van der Waals surface area contributed by atoms with E-state index < -0.39 is 0 Å². The molecule has 0 saturated heterocycles. The number of fused-ring (bicyclic) bond motifs is 1. The summed E-state index contributed by atoms with van der Waals surface area (Å²) >= 11 is 3.48. The topological polar surface area (TPSA) is 37.8 Å². The van der Waals surface area contributed by atoms with Crippen molar-refractivity contribution >= 4 is 32.7 Å². The van der Waals surface area contributed by atoms with Crippen LogP contribution < -0.4 is 5.32 Å². The zero-order valence-corrected chi connectivity index (χ0v) is 11.7. The van der Waals surface area contributed by atoms with Gasteiger partial charge < -0.3 is 5.32 Å². The predicted molar refractivity (Wildman–Crippen MR) is 75.2 cm³/mol. The van der Waals surface area contributed by atoms with Crippen LogP contribution in [-0.4, -0.2) is 16.0 Å². The van der Waals surface area contributed by atoms with Gasteiger partial charge in [-0.1, -0.05) is 29.8 Å². The van der Waals surface area contributed by atoms with Crippen molar-refractivity contribution in [1.82, 2.24) is 9.97 Å². The average molecular weight is 294 g/mol. The van der Waals surface area contributed by atoms with E-state index in [1.807, 2.05) is 12.1 Å². The van der Waals surface area contributed by atoms with Crippen LogP contribution in [0.4, 0.5) is 5.82 Å². The van der Waals surface area contributed by atoms with Crippen molar-refractivity contribution in [2.75, 3.05) is 5.32 Å². The monoisotopic (exact) mass is 293 g/mol. The van der Waals surface area contributed by atoms with Crippen LogP contribution in [0.3, 0.4) is 0 Å². The maximum absolute atomic E-state index is 4.34. The zero-order valence-electron chi connectivity index (χ0n) is 10.1. The highest BCUT2D eigenvalue weighted by atomic mass is 79.9. The Hall–Kier alpha value is -1.16. The summed E-state index contributed by atoms with van der Waals surface area (Å²) < 4.78 is 1.05. The van der Waals surface area contributed by atoms with Gasteiger partial charge in [0.1, 0.15) is 12.1 Å². The van der Waals surface area contributed by atoms with Crippen LogP contribution >= 0.6 is 15.9 Å². The van der Waals surface area contributed by atoms with E-state index in [2.05, 4.69) is 51.1 Å². The lowest BCUT2D eigenvalue weighted by Crippen LogP contribution is -2.18. The van der Waals surface area contributed by atoms with Gasteiger partial charge in [-0.05, 0) is 31.0 Å². The van der Waals surface area contributed by atoms with Crippen LogP contribution in [0.25, 0.3) is 10.9 Å². The number of benzene rings is 1. The molecular weight excluding hydrogens is 278 g/mol. The molecule has 90 valence electrons. The van der Waals surface area contributed by atoms with E-state index in [0.717, 1.165) is 34.0 Å². The van der Waals surface area contributed by atoms with Crippen molar-refractivity contribution in [3.63, 3.8) is 0 Å². The summed E-state index contributed by atoms with van der Waals surface area (Å²) in [6.45, 7) is 4.36. The molecule has 0 radical (unpaired) electrons. The molecule has 1 aromatic carbocycles. The number of nitrogens with one attached hydrogen (secondary N) is 1. The van der Waals surface area contributed by atoms with Crippen LogP contribution in [0.5, 0.6) is 0 Å². The van der Waals surface area contributed by atoms with Gasteiger partial charge in [0.2, 0.25) is 0 Å². The SMILES string of the molecule is CCC(CC)Nc1ncnc2ccc(Br)cc12. The third-order valence-corrected chi connectivity index (χ3v) is 3.42. The summed E-state index contributed by atoms with van der Waals surface area (Å²) in [5.74, 6) is 0.921. The first-order valence-corrected chi connectivity index (χ1v) is 6.70. The number of aromatic nitrogens is 2. The normalized spacial score (nSPS) is 11.1. The van der Waals surface area contributed by atoms with E-state index in [-0.39, 0.29) is 0 Å². The fourth-order valence-corrected chi connectivity index (χ4v) is 2.19. The molecule has 0 bridgehead atoms. The Kier molecular flexibility index (Phi) is 3.94. The van der Waals surface area contributed by atoms with E-state index in [1.54, 1.807) is 6.33 Å². The first-order chi connectivity index (χ1) is 8.24. The van der Waals surface area contributed by atoms with Crippen molar-refractivity contribution in [3.05, 3.63) is 29.0 Å². The maximum Gasteiger partial charge on any atom is 0.137 e. The first-order valence-electron chi connectivity index (χ1n) is 5.91. The van der Waals surface area contributed by atoms with E-state index in [0.29, 0.717) is 6.04 Å². The fraction of sp³-hybridized carbons (Fsp3) is 0.385. The van der Waals surface area contributed by atoms with Gasteiger partial charge in [0, 0.05) is 15.9 Å². The summed E-state index contributed by atoms with van der Waals surface area (Å²) in [4.78, 5) is 8.61. The second-order valence-electron chi connectivity index (χ2n) is 4.04. The lowest BCUT2D eigenvalue weighted by Gasteiger charge is -2.16. The summed E-state index contributed by atoms with van der Waals surface area (Å²) in [6.07, 6.45) is 3.80. The van der Waals surface area contributed by atoms with Gasteiger partial charge in [-0.15, -0.1) is 0 Å². The van der Waals surface area contributed by atoms with Gasteiger partial charge in [-0.2, -0.15) is 0 Å². The number of anilines is 1. The highest BCUT2D eigenvalue weighted by Crippen LogP contribution is 2.24. The molecule has 0 aliphatic heterocycles. The standard InChI is InChI=1S/C13H16BrN3/c1-3-10(4-2)17-13-11-7-9(14)5-6-12(11)15-8-16-13/h5-8,10H,3-4H2,1-2H3,(H,15,16,17). The second kappa shape index (κ2) is 5.45. The minimum absolute atomic E-state index is 0.465. The molecule has 1 heterocycles. The van der Waals surface area contributed by atoms with Gasteiger partial charge in [0.05, 0.1) is 5.52 Å². The first kappa shape index (κ1) is 12.3. The summed E-state index contributed by atoms with van der Waals surface area (Å²) in [6, 6.07) is 6.52. The van der Waals surface area contributed by atoms with Gasteiger partial charge in [-0.25, -0.2) is 9.97 Å². The van der Waals surface area contributed by atoms with Crippen molar-refractivity contribution in [3.8, 4) is 0 Å². The number of rotatable bonds is 4. The molecule has 0 unspecified atom stereocenters. The molecule has 4 heteroatoms. The quantitative estimate of drug-likeness (QED) is 0.926. The van der Waals surface area contributed by atoms with Crippen molar-refractivity contribution in [2.24, 2.45) is 0 Å². The van der Waals surface area contributed by atoms with Gasteiger partial charge in [-0.3, -0.25) is 0 Å².